The largest absolute Gasteiger partial charge is 0.381 e. The number of benzene rings is 4. The monoisotopic (exact) mass is 438 g/mol. The molecule has 5 nitrogen and oxygen atoms in total. The molecular weight excluding hydrogens is 412 g/mol. The number of carbonyl (C=O) groups excluding carboxylic acids is 2. The van der Waals surface area contributed by atoms with Crippen molar-refractivity contribution >= 4 is 22.6 Å². The lowest BCUT2D eigenvalue weighted by Crippen LogP contribution is -2.50. The summed E-state index contributed by atoms with van der Waals surface area (Å²) in [7, 11) is 0. The summed E-state index contributed by atoms with van der Waals surface area (Å²) in [6, 6.07) is 30.3. The summed E-state index contributed by atoms with van der Waals surface area (Å²) in [5.74, 6) is -1.23. The van der Waals surface area contributed by atoms with E-state index in [2.05, 4.69) is 35.6 Å². The zero-order valence-electron chi connectivity index (χ0n) is 18.1. The van der Waals surface area contributed by atoms with Crippen molar-refractivity contribution in [2.24, 2.45) is 5.73 Å². The van der Waals surface area contributed by atoms with Gasteiger partial charge in [0.15, 0.2) is 6.10 Å². The van der Waals surface area contributed by atoms with Gasteiger partial charge in [-0.15, -0.1) is 0 Å². The lowest BCUT2D eigenvalue weighted by atomic mass is 9.96. The van der Waals surface area contributed by atoms with Crippen molar-refractivity contribution in [1.82, 2.24) is 5.32 Å². The van der Waals surface area contributed by atoms with Gasteiger partial charge in [-0.2, -0.15) is 0 Å². The standard InChI is InChI=1S/C28H26N2O3/c29-27(32)26(31)25(18-19-8-2-1-3-9-19)30-28(33)24-13-7-6-12-23(24)17-20-14-15-21-10-4-5-11-22(21)16-20/h1-16,25-26,31H,17-18H2,(H2,29,32)(H,30,33). The number of amides is 2. The van der Waals surface area contributed by atoms with Crippen LogP contribution in [-0.4, -0.2) is 29.1 Å². The zero-order valence-corrected chi connectivity index (χ0v) is 18.1. The average Bonchev–Trinajstić information content (AvgIpc) is 2.84. The van der Waals surface area contributed by atoms with E-state index in [-0.39, 0.29) is 12.3 Å². The maximum Gasteiger partial charge on any atom is 0.251 e. The minimum Gasteiger partial charge on any atom is -0.381 e. The molecule has 0 bridgehead atoms. The molecule has 0 heterocycles. The highest BCUT2D eigenvalue weighted by Crippen LogP contribution is 2.20. The Hall–Kier alpha value is -3.96. The average molecular weight is 439 g/mol. The van der Waals surface area contributed by atoms with E-state index in [1.165, 1.54) is 0 Å². The molecule has 2 atom stereocenters. The third-order valence-corrected chi connectivity index (χ3v) is 5.76. The van der Waals surface area contributed by atoms with Gasteiger partial charge in [0.1, 0.15) is 0 Å². The number of hydrogen-bond acceptors (Lipinski definition) is 3. The molecule has 0 aromatic heterocycles. The first-order valence-electron chi connectivity index (χ1n) is 10.9. The van der Waals surface area contributed by atoms with E-state index < -0.39 is 18.1 Å². The predicted molar refractivity (Wildman–Crippen MR) is 130 cm³/mol. The van der Waals surface area contributed by atoms with Gasteiger partial charge in [0.25, 0.3) is 5.91 Å². The lowest BCUT2D eigenvalue weighted by Gasteiger charge is -2.23. The smallest absolute Gasteiger partial charge is 0.251 e. The molecule has 0 saturated heterocycles. The Morgan fingerprint density at radius 3 is 2.21 bits per heavy atom. The van der Waals surface area contributed by atoms with Crippen molar-refractivity contribution in [1.29, 1.82) is 0 Å². The molecule has 0 spiro atoms. The first-order valence-corrected chi connectivity index (χ1v) is 10.9. The molecule has 4 rings (SSSR count). The van der Waals surface area contributed by atoms with Crippen LogP contribution in [-0.2, 0) is 17.6 Å². The van der Waals surface area contributed by atoms with Gasteiger partial charge in [0, 0.05) is 5.56 Å². The third kappa shape index (κ3) is 5.45. The summed E-state index contributed by atoms with van der Waals surface area (Å²) < 4.78 is 0. The van der Waals surface area contributed by atoms with Crippen LogP contribution >= 0.6 is 0 Å². The van der Waals surface area contributed by atoms with Crippen LogP contribution in [0.25, 0.3) is 10.8 Å². The Balaban J connectivity index is 1.57. The number of carbonyl (C=O) groups is 2. The fourth-order valence-corrected chi connectivity index (χ4v) is 4.02. The molecule has 0 fully saturated rings. The Morgan fingerprint density at radius 1 is 0.788 bits per heavy atom. The fraction of sp³-hybridized carbons (Fsp3) is 0.143. The highest BCUT2D eigenvalue weighted by Gasteiger charge is 2.27. The molecule has 0 aliphatic carbocycles. The van der Waals surface area contributed by atoms with Crippen molar-refractivity contribution in [2.75, 3.05) is 0 Å². The molecule has 0 aliphatic rings. The second kappa shape index (κ2) is 10.1. The van der Waals surface area contributed by atoms with Gasteiger partial charge >= 0.3 is 0 Å². The van der Waals surface area contributed by atoms with Crippen molar-refractivity contribution < 1.29 is 14.7 Å². The van der Waals surface area contributed by atoms with Gasteiger partial charge in [-0.3, -0.25) is 9.59 Å². The number of hydrogen-bond donors (Lipinski definition) is 3. The summed E-state index contributed by atoms with van der Waals surface area (Å²) >= 11 is 0. The molecule has 0 aliphatic heterocycles. The lowest BCUT2D eigenvalue weighted by molar-refractivity contribution is -0.127. The van der Waals surface area contributed by atoms with E-state index in [1.54, 1.807) is 12.1 Å². The maximum absolute atomic E-state index is 13.2. The van der Waals surface area contributed by atoms with E-state index in [0.29, 0.717) is 12.0 Å². The Morgan fingerprint density at radius 2 is 1.45 bits per heavy atom. The van der Waals surface area contributed by atoms with Crippen LogP contribution in [0.15, 0.2) is 97.1 Å². The summed E-state index contributed by atoms with van der Waals surface area (Å²) in [6.45, 7) is 0. The number of nitrogens with one attached hydrogen (secondary N) is 1. The van der Waals surface area contributed by atoms with Crippen LogP contribution in [0.3, 0.4) is 0 Å². The molecule has 0 radical (unpaired) electrons. The summed E-state index contributed by atoms with van der Waals surface area (Å²) in [4.78, 5) is 24.9. The normalized spacial score (nSPS) is 12.8. The zero-order chi connectivity index (χ0) is 23.2. The van der Waals surface area contributed by atoms with Crippen LogP contribution in [0.2, 0.25) is 0 Å². The van der Waals surface area contributed by atoms with Gasteiger partial charge in [-0.1, -0.05) is 91.0 Å². The van der Waals surface area contributed by atoms with Gasteiger partial charge in [0.05, 0.1) is 6.04 Å². The molecule has 4 aromatic rings. The van der Waals surface area contributed by atoms with Gasteiger partial charge in [-0.25, -0.2) is 0 Å². The summed E-state index contributed by atoms with van der Waals surface area (Å²) in [5, 5.41) is 15.5. The maximum atomic E-state index is 13.2. The minimum absolute atomic E-state index is 0.281. The van der Waals surface area contributed by atoms with Gasteiger partial charge in [0.2, 0.25) is 5.91 Å². The quantitative estimate of drug-likeness (QED) is 0.392. The number of aliphatic hydroxyl groups is 1. The number of nitrogens with two attached hydrogens (primary N) is 1. The predicted octanol–water partition coefficient (Wildman–Crippen LogP) is 3.62. The SMILES string of the molecule is NC(=O)C(O)C(Cc1ccccc1)NC(=O)c1ccccc1Cc1ccc2ccccc2c1. The molecule has 4 N–H and O–H groups in total. The summed E-state index contributed by atoms with van der Waals surface area (Å²) in [6.07, 6.45) is -0.638. The van der Waals surface area contributed by atoms with Crippen molar-refractivity contribution in [2.45, 2.75) is 25.0 Å². The number of aliphatic hydroxyl groups excluding tert-OH is 1. The number of rotatable bonds is 8. The highest BCUT2D eigenvalue weighted by atomic mass is 16.3. The van der Waals surface area contributed by atoms with Crippen LogP contribution in [0.5, 0.6) is 0 Å². The van der Waals surface area contributed by atoms with E-state index in [1.807, 2.05) is 54.6 Å². The first-order chi connectivity index (χ1) is 16.0. The molecule has 0 saturated carbocycles. The van der Waals surface area contributed by atoms with E-state index >= 15 is 0 Å². The van der Waals surface area contributed by atoms with E-state index in [0.717, 1.165) is 27.5 Å². The van der Waals surface area contributed by atoms with Crippen LogP contribution in [0, 0.1) is 0 Å². The fourth-order valence-electron chi connectivity index (χ4n) is 4.02. The van der Waals surface area contributed by atoms with Crippen molar-refractivity contribution in [3.8, 4) is 0 Å². The van der Waals surface area contributed by atoms with Crippen molar-refractivity contribution in [3.63, 3.8) is 0 Å². The Labute approximate surface area is 192 Å². The Kier molecular flexibility index (Phi) is 6.81. The topological polar surface area (TPSA) is 92.4 Å². The number of fused-ring (bicyclic) bond motifs is 1. The molecule has 4 aromatic carbocycles. The van der Waals surface area contributed by atoms with E-state index in [4.69, 9.17) is 5.73 Å². The third-order valence-electron chi connectivity index (χ3n) is 5.76. The van der Waals surface area contributed by atoms with Crippen LogP contribution < -0.4 is 11.1 Å². The molecule has 166 valence electrons. The number of primary amides is 1. The van der Waals surface area contributed by atoms with Gasteiger partial charge in [-0.05, 0) is 46.4 Å². The second-order valence-corrected chi connectivity index (χ2v) is 8.13. The van der Waals surface area contributed by atoms with Crippen LogP contribution in [0.4, 0.5) is 0 Å². The van der Waals surface area contributed by atoms with Crippen LogP contribution in [0.1, 0.15) is 27.0 Å². The molecule has 2 unspecified atom stereocenters. The van der Waals surface area contributed by atoms with E-state index in [9.17, 15) is 14.7 Å². The molecule has 5 heteroatoms. The molecule has 2 amide bonds. The second-order valence-electron chi connectivity index (χ2n) is 8.13. The summed E-state index contributed by atoms with van der Waals surface area (Å²) in [5.41, 5.74) is 8.67. The highest BCUT2D eigenvalue weighted by molar-refractivity contribution is 5.96. The first kappa shape index (κ1) is 22.2. The van der Waals surface area contributed by atoms with Crippen molar-refractivity contribution in [3.05, 3.63) is 119 Å². The Bertz CT molecular complexity index is 1270. The molecule has 33 heavy (non-hydrogen) atoms. The minimum atomic E-state index is -1.50. The van der Waals surface area contributed by atoms with Gasteiger partial charge < -0.3 is 16.2 Å². The molecular formula is C28H26N2O3.